The standard InChI is InChI=1S/C12H22N4O/c1-9(2)7-13-12(17)6-5-11-8-16(10(3)4)15-14-11/h8-10H,5-7H2,1-4H3,(H,13,17). The van der Waals surface area contributed by atoms with Gasteiger partial charge in [-0.15, -0.1) is 5.10 Å². The molecule has 1 N–H and O–H groups in total. The minimum atomic E-state index is 0.0813. The molecule has 1 aromatic rings. The SMILES string of the molecule is CC(C)CNC(=O)CCc1cn(C(C)C)nn1. The normalized spacial score (nSPS) is 11.2. The lowest BCUT2D eigenvalue weighted by atomic mass is 10.2. The van der Waals surface area contributed by atoms with Crippen molar-refractivity contribution in [2.24, 2.45) is 5.92 Å². The average Bonchev–Trinajstić information content (AvgIpc) is 2.72. The first-order valence-corrected chi connectivity index (χ1v) is 6.16. The van der Waals surface area contributed by atoms with Gasteiger partial charge in [0.25, 0.3) is 0 Å². The second kappa shape index (κ2) is 6.37. The summed E-state index contributed by atoms with van der Waals surface area (Å²) >= 11 is 0. The summed E-state index contributed by atoms with van der Waals surface area (Å²) in [5.74, 6) is 0.568. The topological polar surface area (TPSA) is 59.8 Å². The monoisotopic (exact) mass is 238 g/mol. The molecule has 0 saturated heterocycles. The third-order valence-corrected chi connectivity index (χ3v) is 2.40. The highest BCUT2D eigenvalue weighted by molar-refractivity contribution is 5.76. The molecule has 0 saturated carbocycles. The third-order valence-electron chi connectivity index (χ3n) is 2.40. The molecule has 0 aliphatic rings. The highest BCUT2D eigenvalue weighted by atomic mass is 16.1. The van der Waals surface area contributed by atoms with Crippen LogP contribution in [0.15, 0.2) is 6.20 Å². The number of nitrogens with one attached hydrogen (secondary N) is 1. The molecule has 5 heteroatoms. The van der Waals surface area contributed by atoms with E-state index in [1.165, 1.54) is 0 Å². The molecule has 0 spiro atoms. The zero-order chi connectivity index (χ0) is 12.8. The zero-order valence-electron chi connectivity index (χ0n) is 11.1. The van der Waals surface area contributed by atoms with Gasteiger partial charge in [-0.1, -0.05) is 19.1 Å². The van der Waals surface area contributed by atoms with E-state index in [9.17, 15) is 4.79 Å². The second-order valence-corrected chi connectivity index (χ2v) is 4.98. The van der Waals surface area contributed by atoms with Crippen molar-refractivity contribution in [2.75, 3.05) is 6.54 Å². The van der Waals surface area contributed by atoms with Gasteiger partial charge in [-0.2, -0.15) is 0 Å². The van der Waals surface area contributed by atoms with E-state index in [1.54, 1.807) is 4.68 Å². The Morgan fingerprint density at radius 1 is 1.41 bits per heavy atom. The molecular weight excluding hydrogens is 216 g/mol. The fourth-order valence-electron chi connectivity index (χ4n) is 1.33. The van der Waals surface area contributed by atoms with Crippen molar-refractivity contribution in [1.82, 2.24) is 20.3 Å². The predicted molar refractivity (Wildman–Crippen MR) is 66.6 cm³/mol. The van der Waals surface area contributed by atoms with Gasteiger partial charge in [-0.25, -0.2) is 4.68 Å². The van der Waals surface area contributed by atoms with Crippen LogP contribution in [0.4, 0.5) is 0 Å². The Morgan fingerprint density at radius 3 is 2.65 bits per heavy atom. The third kappa shape index (κ3) is 4.97. The summed E-state index contributed by atoms with van der Waals surface area (Å²) in [6.07, 6.45) is 3.03. The van der Waals surface area contributed by atoms with Gasteiger partial charge in [0.2, 0.25) is 5.91 Å². The van der Waals surface area contributed by atoms with Crippen LogP contribution in [0.1, 0.15) is 45.9 Å². The molecule has 1 rings (SSSR count). The Kier molecular flexibility index (Phi) is 5.12. The molecular formula is C12H22N4O. The van der Waals surface area contributed by atoms with E-state index in [0.717, 1.165) is 12.2 Å². The van der Waals surface area contributed by atoms with Gasteiger partial charge in [0, 0.05) is 31.6 Å². The summed E-state index contributed by atoms with van der Waals surface area (Å²) in [6.45, 7) is 8.99. The average molecular weight is 238 g/mol. The fourth-order valence-corrected chi connectivity index (χ4v) is 1.33. The molecule has 1 aromatic heterocycles. The van der Waals surface area contributed by atoms with Crippen LogP contribution in [0, 0.1) is 5.92 Å². The summed E-state index contributed by atoms with van der Waals surface area (Å²) in [6, 6.07) is 0.311. The summed E-state index contributed by atoms with van der Waals surface area (Å²) in [4.78, 5) is 11.5. The van der Waals surface area contributed by atoms with E-state index in [1.807, 2.05) is 20.0 Å². The van der Waals surface area contributed by atoms with Crippen LogP contribution in [0.3, 0.4) is 0 Å². The van der Waals surface area contributed by atoms with Crippen molar-refractivity contribution in [3.05, 3.63) is 11.9 Å². The van der Waals surface area contributed by atoms with Crippen molar-refractivity contribution in [3.8, 4) is 0 Å². The minimum Gasteiger partial charge on any atom is -0.356 e. The van der Waals surface area contributed by atoms with Crippen LogP contribution in [-0.4, -0.2) is 27.4 Å². The Morgan fingerprint density at radius 2 is 2.12 bits per heavy atom. The van der Waals surface area contributed by atoms with Crippen LogP contribution in [0.2, 0.25) is 0 Å². The molecule has 0 atom stereocenters. The molecule has 0 aliphatic carbocycles. The number of aryl methyl sites for hydroxylation is 1. The molecule has 1 amide bonds. The van der Waals surface area contributed by atoms with Crippen molar-refractivity contribution < 1.29 is 4.79 Å². The highest BCUT2D eigenvalue weighted by Gasteiger charge is 2.07. The van der Waals surface area contributed by atoms with Crippen molar-refractivity contribution >= 4 is 5.91 Å². The number of carbonyl (C=O) groups is 1. The second-order valence-electron chi connectivity index (χ2n) is 4.98. The fraction of sp³-hybridized carbons (Fsp3) is 0.750. The summed E-state index contributed by atoms with van der Waals surface area (Å²) in [5, 5.41) is 10.9. The Balaban J connectivity index is 2.32. The highest BCUT2D eigenvalue weighted by Crippen LogP contribution is 2.04. The molecule has 17 heavy (non-hydrogen) atoms. The van der Waals surface area contributed by atoms with Gasteiger partial charge in [0.1, 0.15) is 0 Å². The van der Waals surface area contributed by atoms with Gasteiger partial charge < -0.3 is 5.32 Å². The minimum absolute atomic E-state index is 0.0813. The molecule has 0 aromatic carbocycles. The summed E-state index contributed by atoms with van der Waals surface area (Å²) in [5.41, 5.74) is 0.874. The van der Waals surface area contributed by atoms with Gasteiger partial charge >= 0.3 is 0 Å². The van der Waals surface area contributed by atoms with Gasteiger partial charge in [-0.3, -0.25) is 4.79 Å². The van der Waals surface area contributed by atoms with Gasteiger partial charge in [-0.05, 0) is 19.8 Å². The van der Waals surface area contributed by atoms with E-state index in [2.05, 4.69) is 29.5 Å². The van der Waals surface area contributed by atoms with E-state index in [0.29, 0.717) is 24.8 Å². The first kappa shape index (κ1) is 13.7. The van der Waals surface area contributed by atoms with Crippen LogP contribution in [0.25, 0.3) is 0 Å². The predicted octanol–water partition coefficient (Wildman–Crippen LogP) is 1.56. The maximum Gasteiger partial charge on any atom is 0.220 e. The first-order valence-electron chi connectivity index (χ1n) is 6.16. The maximum atomic E-state index is 11.5. The molecule has 0 bridgehead atoms. The lowest BCUT2D eigenvalue weighted by Gasteiger charge is -2.06. The van der Waals surface area contributed by atoms with E-state index < -0.39 is 0 Å². The van der Waals surface area contributed by atoms with E-state index >= 15 is 0 Å². The zero-order valence-corrected chi connectivity index (χ0v) is 11.1. The van der Waals surface area contributed by atoms with Crippen LogP contribution in [0.5, 0.6) is 0 Å². The number of hydrogen-bond donors (Lipinski definition) is 1. The lowest BCUT2D eigenvalue weighted by molar-refractivity contribution is -0.121. The maximum absolute atomic E-state index is 11.5. The van der Waals surface area contributed by atoms with Crippen molar-refractivity contribution in [2.45, 2.75) is 46.6 Å². The summed E-state index contributed by atoms with van der Waals surface area (Å²) < 4.78 is 1.81. The number of rotatable bonds is 6. The molecule has 0 unspecified atom stereocenters. The van der Waals surface area contributed by atoms with Crippen LogP contribution >= 0.6 is 0 Å². The number of hydrogen-bond acceptors (Lipinski definition) is 3. The molecule has 0 fully saturated rings. The van der Waals surface area contributed by atoms with Gasteiger partial charge in [0.15, 0.2) is 0 Å². The number of aromatic nitrogens is 3. The van der Waals surface area contributed by atoms with Crippen LogP contribution < -0.4 is 5.32 Å². The summed E-state index contributed by atoms with van der Waals surface area (Å²) in [7, 11) is 0. The molecule has 5 nitrogen and oxygen atoms in total. The first-order chi connectivity index (χ1) is 7.99. The van der Waals surface area contributed by atoms with Crippen LogP contribution in [-0.2, 0) is 11.2 Å². The Labute approximate surface area is 103 Å². The van der Waals surface area contributed by atoms with Crippen molar-refractivity contribution in [1.29, 1.82) is 0 Å². The number of amides is 1. The Bertz CT molecular complexity index is 357. The van der Waals surface area contributed by atoms with Gasteiger partial charge in [0.05, 0.1) is 5.69 Å². The largest absolute Gasteiger partial charge is 0.356 e. The Hall–Kier alpha value is -1.39. The molecule has 1 heterocycles. The molecule has 96 valence electrons. The molecule has 0 aliphatic heterocycles. The van der Waals surface area contributed by atoms with Crippen molar-refractivity contribution in [3.63, 3.8) is 0 Å². The quantitative estimate of drug-likeness (QED) is 0.818. The van der Waals surface area contributed by atoms with E-state index in [4.69, 9.17) is 0 Å². The lowest BCUT2D eigenvalue weighted by Crippen LogP contribution is -2.27. The van der Waals surface area contributed by atoms with E-state index in [-0.39, 0.29) is 5.91 Å². The number of nitrogens with zero attached hydrogens (tertiary/aromatic N) is 3. The molecule has 0 radical (unpaired) electrons. The smallest absolute Gasteiger partial charge is 0.220 e. The number of carbonyl (C=O) groups excluding carboxylic acids is 1.